The summed E-state index contributed by atoms with van der Waals surface area (Å²) in [4.78, 5) is 10.9. The van der Waals surface area contributed by atoms with E-state index in [0.29, 0.717) is 35.5 Å². The van der Waals surface area contributed by atoms with Gasteiger partial charge in [0.2, 0.25) is 0 Å². The first-order valence-corrected chi connectivity index (χ1v) is 6.80. The van der Waals surface area contributed by atoms with Crippen LogP contribution in [0.3, 0.4) is 0 Å². The van der Waals surface area contributed by atoms with Crippen molar-refractivity contribution in [3.63, 3.8) is 0 Å². The molecule has 0 fully saturated rings. The van der Waals surface area contributed by atoms with Gasteiger partial charge in [0.15, 0.2) is 0 Å². The predicted molar refractivity (Wildman–Crippen MR) is 78.4 cm³/mol. The molecule has 1 heterocycles. The predicted octanol–water partition coefficient (Wildman–Crippen LogP) is 3.09. The summed E-state index contributed by atoms with van der Waals surface area (Å²) < 4.78 is 1.56. The van der Waals surface area contributed by atoms with Gasteiger partial charge in [-0.25, -0.2) is 4.68 Å². The Hall–Kier alpha value is -2.68. The van der Waals surface area contributed by atoms with E-state index in [9.17, 15) is 15.4 Å². The minimum Gasteiger partial charge on any atom is -0.258 e. The number of benzene rings is 1. The topological polar surface area (TPSA) is 84.8 Å². The van der Waals surface area contributed by atoms with Gasteiger partial charge >= 0.3 is 5.69 Å². The van der Waals surface area contributed by atoms with Crippen molar-refractivity contribution in [3.8, 4) is 11.8 Å². The Kier molecular flexibility index (Phi) is 4.03. The van der Waals surface area contributed by atoms with Crippen molar-refractivity contribution in [3.05, 3.63) is 50.8 Å². The number of nitro groups is 1. The molecule has 0 aliphatic rings. The number of hydrogen-bond acceptors (Lipinski definition) is 4. The van der Waals surface area contributed by atoms with Crippen LogP contribution < -0.4 is 0 Å². The summed E-state index contributed by atoms with van der Waals surface area (Å²) in [6.07, 6.45) is 0.951. The van der Waals surface area contributed by atoms with Crippen molar-refractivity contribution in [2.75, 3.05) is 0 Å². The van der Waals surface area contributed by atoms with E-state index < -0.39 is 0 Å². The zero-order chi connectivity index (χ0) is 15.6. The highest BCUT2D eigenvalue weighted by molar-refractivity contribution is 5.56. The van der Waals surface area contributed by atoms with Crippen LogP contribution >= 0.6 is 0 Å². The maximum atomic E-state index is 11.3. The second-order valence-corrected chi connectivity index (χ2v) is 4.70. The average molecular weight is 284 g/mol. The van der Waals surface area contributed by atoms with Crippen LogP contribution in [-0.2, 0) is 12.8 Å². The second-order valence-electron chi connectivity index (χ2n) is 4.70. The molecule has 2 rings (SSSR count). The number of aromatic nitrogens is 2. The van der Waals surface area contributed by atoms with Crippen molar-refractivity contribution in [2.24, 2.45) is 0 Å². The van der Waals surface area contributed by atoms with Crippen LogP contribution in [0.1, 0.15) is 36.4 Å². The number of nitrogens with zero attached hydrogens (tertiary/aromatic N) is 4. The van der Waals surface area contributed by atoms with E-state index in [4.69, 9.17) is 0 Å². The number of rotatable bonds is 4. The zero-order valence-electron chi connectivity index (χ0n) is 12.3. The Labute approximate surface area is 122 Å². The van der Waals surface area contributed by atoms with E-state index in [0.717, 1.165) is 5.56 Å². The molecule has 1 aromatic carbocycles. The number of nitriles is 1. The molecular formula is C15H16N4O2. The normalized spacial score (nSPS) is 10.4. The molecule has 0 atom stereocenters. The van der Waals surface area contributed by atoms with Crippen LogP contribution in [0, 0.1) is 28.4 Å². The Morgan fingerprint density at radius 1 is 1.38 bits per heavy atom. The summed E-state index contributed by atoms with van der Waals surface area (Å²) in [6.45, 7) is 5.56. The summed E-state index contributed by atoms with van der Waals surface area (Å²) in [6, 6.07) is 7.49. The molecule has 0 N–H and O–H groups in total. The summed E-state index contributed by atoms with van der Waals surface area (Å²) in [5.74, 6) is 0. The molecule has 1 aromatic heterocycles. The molecule has 21 heavy (non-hydrogen) atoms. The fourth-order valence-electron chi connectivity index (χ4n) is 2.48. The monoisotopic (exact) mass is 284 g/mol. The van der Waals surface area contributed by atoms with Gasteiger partial charge in [-0.3, -0.25) is 10.1 Å². The van der Waals surface area contributed by atoms with E-state index in [1.54, 1.807) is 16.8 Å². The second kappa shape index (κ2) is 5.75. The first kappa shape index (κ1) is 14.7. The van der Waals surface area contributed by atoms with Crippen molar-refractivity contribution in [1.82, 2.24) is 9.78 Å². The third-order valence-corrected chi connectivity index (χ3v) is 3.45. The average Bonchev–Trinajstić information content (AvgIpc) is 2.85. The largest absolute Gasteiger partial charge is 0.313 e. The number of para-hydroxylation sites is 1. The summed E-state index contributed by atoms with van der Waals surface area (Å²) in [5.41, 5.74) is 2.99. The van der Waals surface area contributed by atoms with Gasteiger partial charge in [-0.2, -0.15) is 10.4 Å². The van der Waals surface area contributed by atoms with Gasteiger partial charge in [-0.05, 0) is 31.4 Å². The SMILES string of the molecule is CCc1nn(-c2c(C)cccc2C#N)c(CC)c1[N+](=O)[O-]. The van der Waals surface area contributed by atoms with E-state index in [-0.39, 0.29) is 10.6 Å². The number of aryl methyl sites for hydroxylation is 2. The van der Waals surface area contributed by atoms with Crippen LogP contribution in [0.25, 0.3) is 5.69 Å². The Balaban J connectivity index is 2.83. The molecule has 0 amide bonds. The maximum absolute atomic E-state index is 11.3. The van der Waals surface area contributed by atoms with Crippen molar-refractivity contribution < 1.29 is 4.92 Å². The van der Waals surface area contributed by atoms with Crippen LogP contribution in [0.4, 0.5) is 5.69 Å². The lowest BCUT2D eigenvalue weighted by molar-refractivity contribution is -0.386. The van der Waals surface area contributed by atoms with Gasteiger partial charge in [0.1, 0.15) is 17.5 Å². The molecule has 0 spiro atoms. The Bertz CT molecular complexity index is 741. The molecule has 108 valence electrons. The van der Waals surface area contributed by atoms with Gasteiger partial charge in [0, 0.05) is 0 Å². The molecular weight excluding hydrogens is 268 g/mol. The molecule has 0 saturated carbocycles. The zero-order valence-corrected chi connectivity index (χ0v) is 12.3. The first-order valence-electron chi connectivity index (χ1n) is 6.80. The first-order chi connectivity index (χ1) is 10.0. The highest BCUT2D eigenvalue weighted by Gasteiger charge is 2.27. The molecule has 0 saturated heterocycles. The van der Waals surface area contributed by atoms with Crippen molar-refractivity contribution in [2.45, 2.75) is 33.6 Å². The van der Waals surface area contributed by atoms with Gasteiger partial charge in [0.05, 0.1) is 16.2 Å². The van der Waals surface area contributed by atoms with E-state index in [1.807, 2.05) is 26.8 Å². The van der Waals surface area contributed by atoms with E-state index in [1.165, 1.54) is 0 Å². The fourth-order valence-corrected chi connectivity index (χ4v) is 2.48. The number of hydrogen-bond donors (Lipinski definition) is 0. The third-order valence-electron chi connectivity index (χ3n) is 3.45. The Morgan fingerprint density at radius 2 is 2.10 bits per heavy atom. The third kappa shape index (κ3) is 2.38. The molecule has 0 unspecified atom stereocenters. The molecule has 2 aromatic rings. The fraction of sp³-hybridized carbons (Fsp3) is 0.333. The lowest BCUT2D eigenvalue weighted by Crippen LogP contribution is -2.07. The van der Waals surface area contributed by atoms with Gasteiger partial charge in [-0.15, -0.1) is 0 Å². The van der Waals surface area contributed by atoms with Gasteiger partial charge in [0.25, 0.3) is 0 Å². The lowest BCUT2D eigenvalue weighted by atomic mass is 10.1. The Morgan fingerprint density at radius 3 is 2.62 bits per heavy atom. The quantitative estimate of drug-likeness (QED) is 0.637. The van der Waals surface area contributed by atoms with Crippen LogP contribution in [0.2, 0.25) is 0 Å². The lowest BCUT2D eigenvalue weighted by Gasteiger charge is -2.10. The van der Waals surface area contributed by atoms with Crippen LogP contribution in [0.5, 0.6) is 0 Å². The van der Waals surface area contributed by atoms with E-state index >= 15 is 0 Å². The maximum Gasteiger partial charge on any atom is 0.313 e. The van der Waals surface area contributed by atoms with Crippen molar-refractivity contribution >= 4 is 5.69 Å². The standard InChI is InChI=1S/C15H16N4O2/c1-4-12-15(19(20)21)13(5-2)18(17-12)14-10(3)7-6-8-11(14)9-16/h6-8H,4-5H2,1-3H3. The van der Waals surface area contributed by atoms with Crippen molar-refractivity contribution in [1.29, 1.82) is 5.26 Å². The molecule has 0 bridgehead atoms. The molecule has 6 nitrogen and oxygen atoms in total. The van der Waals surface area contributed by atoms with Crippen LogP contribution in [-0.4, -0.2) is 14.7 Å². The van der Waals surface area contributed by atoms with Gasteiger partial charge in [-0.1, -0.05) is 26.0 Å². The van der Waals surface area contributed by atoms with E-state index in [2.05, 4.69) is 11.2 Å². The molecule has 6 heteroatoms. The van der Waals surface area contributed by atoms with Crippen LogP contribution in [0.15, 0.2) is 18.2 Å². The molecule has 0 aliphatic heterocycles. The highest BCUT2D eigenvalue weighted by atomic mass is 16.6. The van der Waals surface area contributed by atoms with Gasteiger partial charge < -0.3 is 0 Å². The molecule has 0 aliphatic carbocycles. The summed E-state index contributed by atoms with van der Waals surface area (Å²) in [7, 11) is 0. The minimum absolute atomic E-state index is 0.0622. The smallest absolute Gasteiger partial charge is 0.258 e. The molecule has 0 radical (unpaired) electrons. The minimum atomic E-state index is -0.383. The highest BCUT2D eigenvalue weighted by Crippen LogP contribution is 2.29. The summed E-state index contributed by atoms with van der Waals surface area (Å²) >= 11 is 0. The summed E-state index contributed by atoms with van der Waals surface area (Å²) in [5, 5.41) is 25.0.